The van der Waals surface area contributed by atoms with E-state index in [0.29, 0.717) is 0 Å². The van der Waals surface area contributed by atoms with Crippen LogP contribution in [0, 0.1) is 11.8 Å². The minimum absolute atomic E-state index is 0.776. The smallest absolute Gasteiger partial charge is 0.120 e. The predicted molar refractivity (Wildman–Crippen MR) is 70.6 cm³/mol. The number of rotatable bonds is 1. The number of hydrogen-bond donors (Lipinski definition) is 1. The van der Waals surface area contributed by atoms with Gasteiger partial charge in [-0.25, -0.2) is 0 Å². The molecule has 0 aliphatic rings. The summed E-state index contributed by atoms with van der Waals surface area (Å²) in [6, 6.07) is 9.35. The Morgan fingerprint density at radius 3 is 2.50 bits per heavy atom. The van der Waals surface area contributed by atoms with Gasteiger partial charge < -0.3 is 5.11 Å². The van der Waals surface area contributed by atoms with Crippen LogP contribution >= 0.6 is 0 Å². The van der Waals surface area contributed by atoms with Crippen molar-refractivity contribution in [3.63, 3.8) is 0 Å². The summed E-state index contributed by atoms with van der Waals surface area (Å²) in [5, 5.41) is 9.56. The van der Waals surface area contributed by atoms with Crippen LogP contribution in [0.4, 0.5) is 0 Å². The van der Waals surface area contributed by atoms with Crippen LogP contribution < -0.4 is 0 Å². The Labute approximate surface area is 107 Å². The van der Waals surface area contributed by atoms with Crippen LogP contribution in [0.3, 0.4) is 0 Å². The molecule has 0 bridgehead atoms. The molecule has 3 heteroatoms. The summed E-state index contributed by atoms with van der Waals surface area (Å²) < 4.78 is 0. The van der Waals surface area contributed by atoms with Crippen LogP contribution in [-0.2, 0) is 0 Å². The second kappa shape index (κ2) is 4.99. The van der Waals surface area contributed by atoms with Crippen LogP contribution in [0.5, 0.6) is 0 Å². The lowest BCUT2D eigenvalue weighted by Gasteiger charge is -2.06. The van der Waals surface area contributed by atoms with Gasteiger partial charge in [-0.3, -0.25) is 9.97 Å². The molecule has 0 saturated heterocycles. The molecule has 0 atom stereocenters. The quantitative estimate of drug-likeness (QED) is 0.775. The lowest BCUT2D eigenvalue weighted by atomic mass is 10.1. The first kappa shape index (κ1) is 12.3. The molecule has 0 radical (unpaired) electrons. The second-order valence-corrected chi connectivity index (χ2v) is 4.45. The Kier molecular flexibility index (Phi) is 3.40. The van der Waals surface area contributed by atoms with Gasteiger partial charge in [0.25, 0.3) is 0 Å². The molecular weight excluding hydrogens is 224 g/mol. The van der Waals surface area contributed by atoms with Crippen molar-refractivity contribution in [1.82, 2.24) is 9.97 Å². The Balaban J connectivity index is 2.34. The fourth-order valence-electron chi connectivity index (χ4n) is 1.39. The average molecular weight is 238 g/mol. The summed E-state index contributed by atoms with van der Waals surface area (Å²) in [5.41, 5.74) is 1.41. The summed E-state index contributed by atoms with van der Waals surface area (Å²) in [7, 11) is 0. The Bertz CT molecular complexity index is 589. The normalized spacial score (nSPS) is 10.6. The molecule has 0 unspecified atom stereocenters. The van der Waals surface area contributed by atoms with E-state index in [1.165, 1.54) is 0 Å². The van der Waals surface area contributed by atoms with Gasteiger partial charge in [-0.2, -0.15) is 0 Å². The molecule has 1 N–H and O–H groups in total. The minimum atomic E-state index is -0.992. The lowest BCUT2D eigenvalue weighted by molar-refractivity contribution is 0.143. The molecule has 2 aromatic rings. The van der Waals surface area contributed by atoms with Crippen molar-refractivity contribution >= 4 is 0 Å². The molecule has 0 amide bonds. The fraction of sp³-hybridized carbons (Fsp3) is 0.200. The highest BCUT2D eigenvalue weighted by Crippen LogP contribution is 2.14. The van der Waals surface area contributed by atoms with E-state index < -0.39 is 5.60 Å². The molecular formula is C15H14N2O. The van der Waals surface area contributed by atoms with E-state index in [0.717, 1.165) is 17.0 Å². The number of aromatic nitrogens is 2. The summed E-state index contributed by atoms with van der Waals surface area (Å²) in [5.74, 6) is 5.70. The SMILES string of the molecule is CC(C)(O)C#Cc1ccnc(-c2ccccn2)c1. The number of nitrogens with zero attached hydrogens (tertiary/aromatic N) is 2. The Hall–Kier alpha value is -2.18. The van der Waals surface area contributed by atoms with Gasteiger partial charge in [0, 0.05) is 18.0 Å². The fourth-order valence-corrected chi connectivity index (χ4v) is 1.39. The zero-order valence-corrected chi connectivity index (χ0v) is 10.4. The third-order valence-corrected chi connectivity index (χ3v) is 2.20. The van der Waals surface area contributed by atoms with Gasteiger partial charge in [0.15, 0.2) is 0 Å². The lowest BCUT2D eigenvalue weighted by Crippen LogP contribution is -2.14. The first-order valence-corrected chi connectivity index (χ1v) is 5.68. The Morgan fingerprint density at radius 2 is 1.83 bits per heavy atom. The molecule has 0 aliphatic heterocycles. The van der Waals surface area contributed by atoms with Crippen LogP contribution in [0.1, 0.15) is 19.4 Å². The van der Waals surface area contributed by atoms with Crippen molar-refractivity contribution in [2.24, 2.45) is 0 Å². The number of aliphatic hydroxyl groups is 1. The number of hydrogen-bond acceptors (Lipinski definition) is 3. The van der Waals surface area contributed by atoms with Gasteiger partial charge in [-0.05, 0) is 38.1 Å². The van der Waals surface area contributed by atoms with Crippen molar-refractivity contribution in [1.29, 1.82) is 0 Å². The van der Waals surface area contributed by atoms with Gasteiger partial charge >= 0.3 is 0 Å². The monoisotopic (exact) mass is 238 g/mol. The van der Waals surface area contributed by atoms with Crippen LogP contribution in [0.15, 0.2) is 42.7 Å². The standard InChI is InChI=1S/C15H14N2O/c1-15(2,18)8-6-12-7-10-17-14(11-12)13-5-3-4-9-16-13/h3-5,7,9-11,18H,1-2H3. The van der Waals surface area contributed by atoms with E-state index in [1.54, 1.807) is 26.2 Å². The molecule has 18 heavy (non-hydrogen) atoms. The maximum Gasteiger partial charge on any atom is 0.120 e. The molecule has 0 aromatic carbocycles. The molecule has 0 spiro atoms. The molecule has 2 rings (SSSR count). The van der Waals surface area contributed by atoms with Crippen molar-refractivity contribution in [2.45, 2.75) is 19.4 Å². The van der Waals surface area contributed by atoms with Crippen LogP contribution in [-0.4, -0.2) is 20.7 Å². The topological polar surface area (TPSA) is 46.0 Å². The van der Waals surface area contributed by atoms with E-state index >= 15 is 0 Å². The first-order valence-electron chi connectivity index (χ1n) is 5.68. The summed E-state index contributed by atoms with van der Waals surface area (Å²) in [6.07, 6.45) is 3.42. The van der Waals surface area contributed by atoms with E-state index in [9.17, 15) is 5.11 Å². The second-order valence-electron chi connectivity index (χ2n) is 4.45. The van der Waals surface area contributed by atoms with Gasteiger partial charge in [0.1, 0.15) is 5.60 Å². The maximum absolute atomic E-state index is 9.56. The first-order chi connectivity index (χ1) is 8.54. The highest BCUT2D eigenvalue weighted by molar-refractivity contribution is 5.56. The van der Waals surface area contributed by atoms with Gasteiger partial charge in [-0.1, -0.05) is 17.9 Å². The molecule has 90 valence electrons. The highest BCUT2D eigenvalue weighted by atomic mass is 16.3. The van der Waals surface area contributed by atoms with Crippen LogP contribution in [0.2, 0.25) is 0 Å². The molecule has 0 fully saturated rings. The van der Waals surface area contributed by atoms with Gasteiger partial charge in [0.05, 0.1) is 11.4 Å². The van der Waals surface area contributed by atoms with Crippen molar-refractivity contribution in [3.8, 4) is 23.2 Å². The van der Waals surface area contributed by atoms with Crippen molar-refractivity contribution in [3.05, 3.63) is 48.3 Å². The zero-order chi connectivity index (χ0) is 13.0. The third-order valence-electron chi connectivity index (χ3n) is 2.20. The van der Waals surface area contributed by atoms with Gasteiger partial charge in [-0.15, -0.1) is 0 Å². The summed E-state index contributed by atoms with van der Waals surface area (Å²) in [4.78, 5) is 8.50. The highest BCUT2D eigenvalue weighted by Gasteiger charge is 2.06. The average Bonchev–Trinajstić information content (AvgIpc) is 2.37. The van der Waals surface area contributed by atoms with Gasteiger partial charge in [0.2, 0.25) is 0 Å². The largest absolute Gasteiger partial charge is 0.378 e. The van der Waals surface area contributed by atoms with Crippen molar-refractivity contribution < 1.29 is 5.11 Å². The predicted octanol–water partition coefficient (Wildman–Crippen LogP) is 2.27. The molecule has 0 aliphatic carbocycles. The molecule has 3 nitrogen and oxygen atoms in total. The van der Waals surface area contributed by atoms with E-state index in [4.69, 9.17) is 0 Å². The van der Waals surface area contributed by atoms with Crippen molar-refractivity contribution in [2.75, 3.05) is 0 Å². The third kappa shape index (κ3) is 3.41. The van der Waals surface area contributed by atoms with Crippen LogP contribution in [0.25, 0.3) is 11.4 Å². The van der Waals surface area contributed by atoms with E-state index in [1.807, 2.05) is 30.3 Å². The Morgan fingerprint density at radius 1 is 1.06 bits per heavy atom. The number of pyridine rings is 2. The maximum atomic E-state index is 9.56. The summed E-state index contributed by atoms with van der Waals surface area (Å²) >= 11 is 0. The van der Waals surface area contributed by atoms with E-state index in [-0.39, 0.29) is 0 Å². The summed E-state index contributed by atoms with van der Waals surface area (Å²) in [6.45, 7) is 3.31. The molecule has 2 heterocycles. The molecule has 2 aromatic heterocycles. The molecule has 0 saturated carbocycles. The zero-order valence-electron chi connectivity index (χ0n) is 10.4. The minimum Gasteiger partial charge on any atom is -0.378 e. The van der Waals surface area contributed by atoms with E-state index in [2.05, 4.69) is 21.8 Å².